The molecule has 0 aromatic carbocycles. The molecule has 2 N–H and O–H groups in total. The van der Waals surface area contributed by atoms with E-state index in [0.29, 0.717) is 0 Å². The Kier molecular flexibility index (Phi) is 5.05. The molecule has 0 bridgehead atoms. The van der Waals surface area contributed by atoms with Crippen LogP contribution in [0.1, 0.15) is 15.6 Å². The van der Waals surface area contributed by atoms with Gasteiger partial charge in [0.15, 0.2) is 5.96 Å². The molecular weight excluding hydrogens is 274 g/mol. The van der Waals surface area contributed by atoms with Gasteiger partial charge in [-0.25, -0.2) is 9.97 Å². The van der Waals surface area contributed by atoms with Crippen molar-refractivity contribution in [1.29, 1.82) is 0 Å². The van der Waals surface area contributed by atoms with E-state index in [0.717, 1.165) is 36.3 Å². The predicted molar refractivity (Wildman–Crippen MR) is 79.8 cm³/mol. The van der Waals surface area contributed by atoms with Gasteiger partial charge in [0.1, 0.15) is 12.7 Å². The van der Waals surface area contributed by atoms with Gasteiger partial charge in [0, 0.05) is 18.5 Å². The molecule has 8 heteroatoms. The molecule has 0 aliphatic heterocycles. The van der Waals surface area contributed by atoms with Crippen molar-refractivity contribution < 1.29 is 0 Å². The summed E-state index contributed by atoms with van der Waals surface area (Å²) < 4.78 is 1.77. The number of aliphatic imine (C=N–C) groups is 1. The fraction of sp³-hybridized carbons (Fsp3) is 0.500. The Labute approximate surface area is 122 Å². The molecule has 2 rings (SSSR count). The number of guanidine groups is 1. The molecule has 0 aliphatic carbocycles. The first-order valence-corrected chi connectivity index (χ1v) is 7.20. The zero-order valence-corrected chi connectivity index (χ0v) is 12.7. The van der Waals surface area contributed by atoms with Gasteiger partial charge in [0.05, 0.1) is 23.8 Å². The molecule has 7 nitrogen and oxygen atoms in total. The van der Waals surface area contributed by atoms with E-state index in [1.54, 1.807) is 29.4 Å². The molecule has 0 amide bonds. The summed E-state index contributed by atoms with van der Waals surface area (Å²) in [7, 11) is 1.76. The molecule has 2 aromatic heterocycles. The number of thiazole rings is 1. The smallest absolute Gasteiger partial charge is 0.191 e. The summed E-state index contributed by atoms with van der Waals surface area (Å²) in [6.45, 7) is 6.28. The molecule has 0 aliphatic rings. The second-order valence-corrected chi connectivity index (χ2v) is 5.54. The Morgan fingerprint density at radius 1 is 1.40 bits per heavy atom. The number of nitrogens with one attached hydrogen (secondary N) is 2. The zero-order chi connectivity index (χ0) is 14.4. The van der Waals surface area contributed by atoms with E-state index in [1.807, 2.05) is 13.8 Å². The SMILES string of the molecule is CN=C(NCCn1cncn1)NCc1sc(C)nc1C. The van der Waals surface area contributed by atoms with Crippen LogP contribution in [0.3, 0.4) is 0 Å². The van der Waals surface area contributed by atoms with Crippen LogP contribution in [0.5, 0.6) is 0 Å². The number of hydrogen-bond acceptors (Lipinski definition) is 5. The number of rotatable bonds is 5. The van der Waals surface area contributed by atoms with Crippen LogP contribution in [0.25, 0.3) is 0 Å². The van der Waals surface area contributed by atoms with Crippen LogP contribution in [-0.2, 0) is 13.1 Å². The van der Waals surface area contributed by atoms with E-state index in [9.17, 15) is 0 Å². The highest BCUT2D eigenvalue weighted by atomic mass is 32.1. The van der Waals surface area contributed by atoms with Crippen LogP contribution in [-0.4, -0.2) is 39.3 Å². The molecule has 20 heavy (non-hydrogen) atoms. The third-order valence-electron chi connectivity index (χ3n) is 2.74. The fourth-order valence-corrected chi connectivity index (χ4v) is 2.64. The van der Waals surface area contributed by atoms with E-state index in [4.69, 9.17) is 0 Å². The average molecular weight is 293 g/mol. The van der Waals surface area contributed by atoms with Crippen molar-refractivity contribution in [2.45, 2.75) is 26.9 Å². The third-order valence-corrected chi connectivity index (χ3v) is 3.81. The van der Waals surface area contributed by atoms with Crippen LogP contribution in [0.4, 0.5) is 0 Å². The van der Waals surface area contributed by atoms with E-state index in [2.05, 4.69) is 30.7 Å². The zero-order valence-electron chi connectivity index (χ0n) is 11.9. The van der Waals surface area contributed by atoms with Crippen LogP contribution in [0.15, 0.2) is 17.6 Å². The van der Waals surface area contributed by atoms with E-state index >= 15 is 0 Å². The van der Waals surface area contributed by atoms with Crippen molar-refractivity contribution in [3.8, 4) is 0 Å². The van der Waals surface area contributed by atoms with Crippen molar-refractivity contribution >= 4 is 17.3 Å². The highest BCUT2D eigenvalue weighted by Crippen LogP contribution is 2.16. The lowest BCUT2D eigenvalue weighted by Crippen LogP contribution is -2.38. The maximum Gasteiger partial charge on any atom is 0.191 e. The third kappa shape index (κ3) is 4.02. The topological polar surface area (TPSA) is 80.0 Å². The molecule has 0 radical (unpaired) electrons. The van der Waals surface area contributed by atoms with Crippen molar-refractivity contribution in [3.05, 3.63) is 28.2 Å². The Morgan fingerprint density at radius 2 is 2.25 bits per heavy atom. The highest BCUT2D eigenvalue weighted by Gasteiger charge is 2.05. The van der Waals surface area contributed by atoms with Gasteiger partial charge in [0.2, 0.25) is 0 Å². The van der Waals surface area contributed by atoms with Crippen LogP contribution in [0, 0.1) is 13.8 Å². The van der Waals surface area contributed by atoms with Gasteiger partial charge in [-0.05, 0) is 13.8 Å². The average Bonchev–Trinajstić information content (AvgIpc) is 3.03. The number of aryl methyl sites for hydroxylation is 2. The quantitative estimate of drug-likeness (QED) is 0.627. The van der Waals surface area contributed by atoms with E-state index in [1.165, 1.54) is 11.2 Å². The van der Waals surface area contributed by atoms with Crippen molar-refractivity contribution in [2.24, 2.45) is 4.99 Å². The largest absolute Gasteiger partial charge is 0.355 e. The normalized spacial score (nSPS) is 11.7. The minimum Gasteiger partial charge on any atom is -0.355 e. The van der Waals surface area contributed by atoms with Crippen molar-refractivity contribution in [3.63, 3.8) is 0 Å². The van der Waals surface area contributed by atoms with Crippen LogP contribution >= 0.6 is 11.3 Å². The van der Waals surface area contributed by atoms with Crippen molar-refractivity contribution in [1.82, 2.24) is 30.4 Å². The first-order valence-electron chi connectivity index (χ1n) is 6.39. The molecule has 0 saturated heterocycles. The summed E-state index contributed by atoms with van der Waals surface area (Å²) in [4.78, 5) is 13.7. The maximum absolute atomic E-state index is 4.41. The van der Waals surface area contributed by atoms with Crippen LogP contribution < -0.4 is 10.6 Å². The lowest BCUT2D eigenvalue weighted by molar-refractivity contribution is 0.596. The fourth-order valence-electron chi connectivity index (χ4n) is 1.76. The van der Waals surface area contributed by atoms with Gasteiger partial charge < -0.3 is 10.6 Å². The molecular formula is C12H19N7S. The summed E-state index contributed by atoms with van der Waals surface area (Å²) in [5, 5.41) is 11.7. The second-order valence-electron chi connectivity index (χ2n) is 4.25. The summed E-state index contributed by atoms with van der Waals surface area (Å²) in [6, 6.07) is 0. The number of nitrogens with zero attached hydrogens (tertiary/aromatic N) is 5. The predicted octanol–water partition coefficient (Wildman–Crippen LogP) is 0.717. The molecule has 2 aromatic rings. The summed E-state index contributed by atoms with van der Waals surface area (Å²) in [6.07, 6.45) is 3.23. The molecule has 2 heterocycles. The lowest BCUT2D eigenvalue weighted by Gasteiger charge is -2.11. The number of hydrogen-bond donors (Lipinski definition) is 2. The van der Waals surface area contributed by atoms with Gasteiger partial charge in [-0.15, -0.1) is 11.3 Å². The first-order chi connectivity index (χ1) is 9.69. The molecule has 0 atom stereocenters. The minimum absolute atomic E-state index is 0.736. The van der Waals surface area contributed by atoms with E-state index in [-0.39, 0.29) is 0 Å². The molecule has 0 spiro atoms. The minimum atomic E-state index is 0.736. The first kappa shape index (κ1) is 14.4. The van der Waals surface area contributed by atoms with Crippen LogP contribution in [0.2, 0.25) is 0 Å². The monoisotopic (exact) mass is 293 g/mol. The Morgan fingerprint density at radius 3 is 2.85 bits per heavy atom. The highest BCUT2D eigenvalue weighted by molar-refractivity contribution is 7.11. The van der Waals surface area contributed by atoms with Gasteiger partial charge in [-0.3, -0.25) is 9.67 Å². The number of aromatic nitrogens is 4. The molecule has 0 saturated carbocycles. The maximum atomic E-state index is 4.41. The van der Waals surface area contributed by atoms with E-state index < -0.39 is 0 Å². The standard InChI is InChI=1S/C12H19N7S/c1-9-11(20-10(2)18-9)6-16-12(13-3)15-4-5-19-8-14-7-17-19/h7-8H,4-6H2,1-3H3,(H2,13,15,16). The van der Waals surface area contributed by atoms with Crippen molar-refractivity contribution in [2.75, 3.05) is 13.6 Å². The summed E-state index contributed by atoms with van der Waals surface area (Å²) >= 11 is 1.71. The Bertz CT molecular complexity index is 558. The second kappa shape index (κ2) is 6.99. The molecule has 108 valence electrons. The Hall–Kier alpha value is -1.96. The summed E-state index contributed by atoms with van der Waals surface area (Å²) in [5.41, 5.74) is 1.08. The molecule has 0 fully saturated rings. The Balaban J connectivity index is 1.76. The lowest BCUT2D eigenvalue weighted by atomic mass is 10.4. The van der Waals surface area contributed by atoms with Gasteiger partial charge in [-0.1, -0.05) is 0 Å². The van der Waals surface area contributed by atoms with Gasteiger partial charge >= 0.3 is 0 Å². The van der Waals surface area contributed by atoms with Gasteiger partial charge in [0.25, 0.3) is 0 Å². The summed E-state index contributed by atoms with van der Waals surface area (Å²) in [5.74, 6) is 0.774. The molecule has 0 unspecified atom stereocenters. The van der Waals surface area contributed by atoms with Gasteiger partial charge in [-0.2, -0.15) is 5.10 Å².